The Bertz CT molecular complexity index is 1580. The van der Waals surface area contributed by atoms with E-state index in [2.05, 4.69) is 30.6 Å². The average Bonchev–Trinajstić information content (AvgIpc) is 3.72. The molecule has 0 saturated carbocycles. The highest BCUT2D eigenvalue weighted by molar-refractivity contribution is 7.08. The number of carbonyl (C=O) groups excluding carboxylic acids is 1. The fourth-order valence-electron chi connectivity index (χ4n) is 5.69. The molecule has 0 N–H and O–H groups in total. The zero-order chi connectivity index (χ0) is 28.2. The van der Waals surface area contributed by atoms with Gasteiger partial charge < -0.3 is 23.7 Å². The van der Waals surface area contributed by atoms with Gasteiger partial charge in [0.25, 0.3) is 5.91 Å². The number of likely N-dealkylation sites (tertiary alicyclic amines) is 1. The summed E-state index contributed by atoms with van der Waals surface area (Å²) in [7, 11) is 9.81. The number of fused-ring (bicyclic) bond motifs is 3. The highest BCUT2D eigenvalue weighted by Crippen LogP contribution is 2.46. The number of rotatable bonds is 7. The molecule has 4 aromatic rings. The van der Waals surface area contributed by atoms with Gasteiger partial charge in [0.05, 0.1) is 30.6 Å². The summed E-state index contributed by atoms with van der Waals surface area (Å²) < 4.78 is 22.1. The molecule has 1 atom stereocenters. The number of nitrogens with zero attached hydrogens (tertiary/aromatic N) is 4. The Morgan fingerprint density at radius 3 is 2.75 bits per heavy atom. The lowest BCUT2D eigenvalue weighted by atomic mass is 9.52. The number of methoxy groups -OCH3 is 1. The number of amides is 1. The van der Waals surface area contributed by atoms with E-state index in [4.69, 9.17) is 19.3 Å². The molecule has 204 valence electrons. The number of benzene rings is 1. The lowest BCUT2D eigenvalue weighted by Gasteiger charge is -2.37. The van der Waals surface area contributed by atoms with Crippen molar-refractivity contribution in [1.82, 2.24) is 19.2 Å². The van der Waals surface area contributed by atoms with Gasteiger partial charge in [0, 0.05) is 59.7 Å². The quantitative estimate of drug-likeness (QED) is 0.328. The van der Waals surface area contributed by atoms with Crippen LogP contribution in [-0.2, 0) is 18.4 Å². The summed E-state index contributed by atoms with van der Waals surface area (Å²) in [5.74, 6) is 1.37. The first-order chi connectivity index (χ1) is 19.1. The van der Waals surface area contributed by atoms with Gasteiger partial charge in [-0.2, -0.15) is 16.4 Å². The SMILES string of the molecule is BC(B)(B)OCC1(C)CCCN1C(=O)c1nn(-c2ccsc2)c2c1COc1cc(OC)c(-c3ccn(C)c3)cc1-2. The topological polar surface area (TPSA) is 70.8 Å². The van der Waals surface area contributed by atoms with E-state index in [1.807, 2.05) is 68.4 Å². The summed E-state index contributed by atoms with van der Waals surface area (Å²) in [5, 5.41) is 8.77. The molecular weight excluding hydrogens is 521 g/mol. The second-order valence-corrected chi connectivity index (χ2v) is 12.7. The maximum Gasteiger partial charge on any atom is 0.275 e. The Labute approximate surface area is 241 Å². The van der Waals surface area contributed by atoms with Crippen LogP contribution < -0.4 is 9.47 Å². The third-order valence-corrected chi connectivity index (χ3v) is 8.49. The third-order valence-electron chi connectivity index (χ3n) is 7.82. The summed E-state index contributed by atoms with van der Waals surface area (Å²) in [6.07, 6.45) is 5.90. The van der Waals surface area contributed by atoms with Crippen LogP contribution in [0, 0.1) is 0 Å². The molecule has 0 bridgehead atoms. The van der Waals surface area contributed by atoms with E-state index in [-0.39, 0.29) is 17.8 Å². The molecule has 1 amide bonds. The molecule has 8 nitrogen and oxygen atoms in total. The summed E-state index contributed by atoms with van der Waals surface area (Å²) in [6, 6.07) is 8.12. The summed E-state index contributed by atoms with van der Waals surface area (Å²) >= 11 is 1.60. The van der Waals surface area contributed by atoms with E-state index < -0.39 is 5.54 Å². The fourth-order valence-corrected chi connectivity index (χ4v) is 6.31. The molecule has 1 unspecified atom stereocenters. The minimum atomic E-state index is -0.398. The molecule has 1 fully saturated rings. The van der Waals surface area contributed by atoms with E-state index >= 15 is 0 Å². The van der Waals surface area contributed by atoms with Crippen molar-refractivity contribution >= 4 is 40.8 Å². The summed E-state index contributed by atoms with van der Waals surface area (Å²) in [5.41, 5.74) is 5.53. The average molecular weight is 554 g/mol. The van der Waals surface area contributed by atoms with Gasteiger partial charge in [0.2, 0.25) is 0 Å². The second kappa shape index (κ2) is 9.92. The summed E-state index contributed by atoms with van der Waals surface area (Å²) in [4.78, 5) is 16.2. The molecule has 12 heteroatoms. The van der Waals surface area contributed by atoms with Crippen molar-refractivity contribution in [3.8, 4) is 39.6 Å². The van der Waals surface area contributed by atoms with E-state index in [0.29, 0.717) is 24.6 Å². The molecule has 0 aliphatic carbocycles. The van der Waals surface area contributed by atoms with Gasteiger partial charge in [0.1, 0.15) is 41.6 Å². The van der Waals surface area contributed by atoms with E-state index in [9.17, 15) is 4.79 Å². The Morgan fingerprint density at radius 1 is 1.25 bits per heavy atom. The first kappa shape index (κ1) is 26.8. The second-order valence-electron chi connectivity index (χ2n) is 11.9. The number of ether oxygens (including phenoxy) is 3. The van der Waals surface area contributed by atoms with Crippen molar-refractivity contribution < 1.29 is 19.0 Å². The van der Waals surface area contributed by atoms with Gasteiger partial charge >= 0.3 is 0 Å². The van der Waals surface area contributed by atoms with E-state index in [0.717, 1.165) is 52.2 Å². The lowest BCUT2D eigenvalue weighted by molar-refractivity contribution is 0.0180. The van der Waals surface area contributed by atoms with E-state index in [1.165, 1.54) is 0 Å². The molecule has 2 aliphatic heterocycles. The molecule has 2 aliphatic rings. The molecule has 3 aromatic heterocycles. The lowest BCUT2D eigenvalue weighted by Crippen LogP contribution is -2.51. The smallest absolute Gasteiger partial charge is 0.275 e. The van der Waals surface area contributed by atoms with Crippen molar-refractivity contribution in [1.29, 1.82) is 0 Å². The molecular formula is C28H33B3N4O4S. The number of carbonyl (C=O) groups is 1. The third kappa shape index (κ3) is 4.67. The maximum atomic E-state index is 14.3. The van der Waals surface area contributed by atoms with Crippen molar-refractivity contribution in [2.45, 2.75) is 37.2 Å². The molecule has 1 saturated heterocycles. The molecule has 40 heavy (non-hydrogen) atoms. The minimum Gasteiger partial charge on any atom is -0.496 e. The predicted octanol–water partition coefficient (Wildman–Crippen LogP) is 2.03. The molecule has 0 radical (unpaired) electrons. The molecule has 1 aromatic carbocycles. The van der Waals surface area contributed by atoms with Crippen LogP contribution in [0.5, 0.6) is 11.5 Å². The first-order valence-electron chi connectivity index (χ1n) is 13.7. The van der Waals surface area contributed by atoms with Crippen LogP contribution in [0.25, 0.3) is 28.1 Å². The van der Waals surface area contributed by atoms with Gasteiger partial charge in [-0.25, -0.2) is 4.68 Å². The number of hydrogen-bond donors (Lipinski definition) is 0. The Hall–Kier alpha value is -3.37. The largest absolute Gasteiger partial charge is 0.496 e. The Morgan fingerprint density at radius 2 is 2.08 bits per heavy atom. The number of thiophene rings is 1. The van der Waals surface area contributed by atoms with Crippen LogP contribution in [0.4, 0.5) is 0 Å². The van der Waals surface area contributed by atoms with Crippen molar-refractivity contribution in [3.63, 3.8) is 0 Å². The Balaban J connectivity index is 1.48. The Kier molecular flexibility index (Phi) is 6.66. The number of aromatic nitrogens is 3. The number of hydrogen-bond acceptors (Lipinski definition) is 6. The predicted molar refractivity (Wildman–Crippen MR) is 165 cm³/mol. The van der Waals surface area contributed by atoms with Gasteiger partial charge in [-0.1, -0.05) is 0 Å². The summed E-state index contributed by atoms with van der Waals surface area (Å²) in [6.45, 7) is 3.53. The minimum absolute atomic E-state index is 0.0772. The highest BCUT2D eigenvalue weighted by atomic mass is 32.1. The van der Waals surface area contributed by atoms with Crippen LogP contribution in [0.1, 0.15) is 35.8 Å². The monoisotopic (exact) mass is 554 g/mol. The van der Waals surface area contributed by atoms with Crippen LogP contribution >= 0.6 is 11.3 Å². The van der Waals surface area contributed by atoms with Crippen LogP contribution in [0.2, 0.25) is 0 Å². The maximum absolute atomic E-state index is 14.3. The molecule has 5 heterocycles. The van der Waals surface area contributed by atoms with Gasteiger partial charge in [-0.3, -0.25) is 4.79 Å². The normalized spacial score (nSPS) is 18.3. The van der Waals surface area contributed by atoms with Gasteiger partial charge in [-0.15, -0.1) is 0 Å². The zero-order valence-electron chi connectivity index (χ0n) is 24.0. The van der Waals surface area contributed by atoms with Crippen LogP contribution in [-0.4, -0.2) is 79.8 Å². The van der Waals surface area contributed by atoms with E-state index in [1.54, 1.807) is 18.4 Å². The van der Waals surface area contributed by atoms with Gasteiger partial charge in [0.15, 0.2) is 5.69 Å². The number of aryl methyl sites for hydroxylation is 1. The van der Waals surface area contributed by atoms with Crippen LogP contribution in [0.15, 0.2) is 47.4 Å². The highest BCUT2D eigenvalue weighted by Gasteiger charge is 2.43. The standard InChI is InChI=1S/C28H33B3N4O4S/c1-27(16-39-28(29,30)31)7-4-8-34(27)26(36)24-21-14-38-23-12-22(37-3)19(17-5-9-33(2)13-17)11-20(23)25(21)35(32-24)18-6-10-40-15-18/h5-6,9-13,15H,4,7-8,14,16,29-31H2,1-3H3. The molecule has 6 rings (SSSR count). The van der Waals surface area contributed by atoms with Crippen molar-refractivity contribution in [2.75, 3.05) is 20.3 Å². The van der Waals surface area contributed by atoms with Crippen LogP contribution in [0.3, 0.4) is 0 Å². The van der Waals surface area contributed by atoms with Crippen molar-refractivity contribution in [3.05, 3.63) is 58.7 Å². The van der Waals surface area contributed by atoms with Crippen molar-refractivity contribution in [2.24, 2.45) is 7.05 Å². The van der Waals surface area contributed by atoms with Gasteiger partial charge in [-0.05, 0) is 48.6 Å². The first-order valence-corrected chi connectivity index (χ1v) is 14.6. The zero-order valence-corrected chi connectivity index (χ0v) is 24.8. The molecule has 0 spiro atoms. The fraction of sp³-hybridized carbons (Fsp3) is 0.357.